The molecule has 0 aromatic rings. The van der Waals surface area contributed by atoms with Crippen molar-refractivity contribution in [3.8, 4) is 6.07 Å². The van der Waals surface area contributed by atoms with Crippen molar-refractivity contribution in [2.75, 3.05) is 20.6 Å². The third-order valence-corrected chi connectivity index (χ3v) is 1.81. The van der Waals surface area contributed by atoms with Gasteiger partial charge in [-0.3, -0.25) is 0 Å². The number of allylic oxidation sites excluding steroid dienone is 2. The van der Waals surface area contributed by atoms with E-state index in [0.29, 0.717) is 23.5 Å². The summed E-state index contributed by atoms with van der Waals surface area (Å²) in [6.45, 7) is 7.70. The average molecular weight is 231 g/mol. The van der Waals surface area contributed by atoms with Crippen molar-refractivity contribution < 1.29 is 0 Å². The van der Waals surface area contributed by atoms with Crippen LogP contribution >= 0.6 is 0 Å². The van der Waals surface area contributed by atoms with E-state index < -0.39 is 0 Å². The van der Waals surface area contributed by atoms with Gasteiger partial charge in [0.1, 0.15) is 11.8 Å². The molecule has 0 rings (SSSR count). The van der Waals surface area contributed by atoms with E-state index in [1.807, 2.05) is 6.07 Å². The van der Waals surface area contributed by atoms with Gasteiger partial charge in [-0.1, -0.05) is 13.2 Å². The lowest BCUT2D eigenvalue weighted by atomic mass is 10.2. The molecule has 0 heterocycles. The van der Waals surface area contributed by atoms with Crippen LogP contribution in [-0.2, 0) is 0 Å². The van der Waals surface area contributed by atoms with Crippen LogP contribution in [0.25, 0.3) is 0 Å². The summed E-state index contributed by atoms with van der Waals surface area (Å²) in [5, 5.41) is 21.9. The molecule has 0 spiro atoms. The van der Waals surface area contributed by atoms with Gasteiger partial charge in [0, 0.05) is 36.8 Å². The Hall–Kier alpha value is -2.19. The highest BCUT2D eigenvalue weighted by atomic mass is 14.9. The fourth-order valence-corrected chi connectivity index (χ4v) is 0.995. The van der Waals surface area contributed by atoms with Gasteiger partial charge in [-0.15, -0.1) is 0 Å². The smallest absolute Gasteiger partial charge is 0.133 e. The first-order valence-corrected chi connectivity index (χ1v) is 4.99. The van der Waals surface area contributed by atoms with E-state index in [1.165, 1.54) is 6.21 Å². The van der Waals surface area contributed by atoms with E-state index in [2.05, 4.69) is 28.8 Å². The second-order valence-electron chi connectivity index (χ2n) is 3.21. The van der Waals surface area contributed by atoms with Crippen LogP contribution in [0.15, 0.2) is 41.2 Å². The Balaban J connectivity index is 4.73. The summed E-state index contributed by atoms with van der Waals surface area (Å²) >= 11 is 0. The Labute approximate surface area is 102 Å². The monoisotopic (exact) mass is 231 g/mol. The predicted octanol–water partition coefficient (Wildman–Crippen LogP) is 0.993. The van der Waals surface area contributed by atoms with Crippen LogP contribution in [0.1, 0.15) is 0 Å². The summed E-state index contributed by atoms with van der Waals surface area (Å²) in [5.74, 6) is 0. The SMILES string of the molecule is C=C(C#N)/N=C/C(=C)/C(=C/C(=N)CNC)NC. The molecule has 0 saturated carbocycles. The summed E-state index contributed by atoms with van der Waals surface area (Å²) in [4.78, 5) is 3.82. The first kappa shape index (κ1) is 14.8. The molecule has 5 heteroatoms. The van der Waals surface area contributed by atoms with Crippen molar-refractivity contribution in [2.24, 2.45) is 4.99 Å². The molecule has 0 bridgehead atoms. The molecule has 0 saturated heterocycles. The standard InChI is InChI=1S/C12H17N5/c1-9(7-17-10(2)6-13)12(16-4)5-11(14)8-15-3/h5,7,14-16H,1-2,8H2,3-4H3/b12-5-,14-11?,17-7+. The van der Waals surface area contributed by atoms with Gasteiger partial charge in [0.2, 0.25) is 0 Å². The summed E-state index contributed by atoms with van der Waals surface area (Å²) in [7, 11) is 3.51. The molecule has 0 unspecified atom stereocenters. The quantitative estimate of drug-likeness (QED) is 0.347. The zero-order valence-corrected chi connectivity index (χ0v) is 10.2. The van der Waals surface area contributed by atoms with Crippen LogP contribution in [0, 0.1) is 16.7 Å². The first-order chi connectivity index (χ1) is 8.04. The molecular formula is C12H17N5. The van der Waals surface area contributed by atoms with E-state index in [-0.39, 0.29) is 5.70 Å². The minimum absolute atomic E-state index is 0.118. The van der Waals surface area contributed by atoms with Gasteiger partial charge in [-0.2, -0.15) is 5.26 Å². The molecule has 0 aliphatic heterocycles. The Morgan fingerprint density at radius 2 is 2.12 bits per heavy atom. The lowest BCUT2D eigenvalue weighted by molar-refractivity contribution is 0.941. The largest absolute Gasteiger partial charge is 0.388 e. The minimum atomic E-state index is 0.118. The summed E-state index contributed by atoms with van der Waals surface area (Å²) in [5.41, 5.74) is 1.81. The van der Waals surface area contributed by atoms with Crippen molar-refractivity contribution in [3.05, 3.63) is 36.2 Å². The minimum Gasteiger partial charge on any atom is -0.388 e. The van der Waals surface area contributed by atoms with E-state index in [1.54, 1.807) is 20.2 Å². The lowest BCUT2D eigenvalue weighted by Crippen LogP contribution is -2.18. The molecule has 0 aromatic carbocycles. The van der Waals surface area contributed by atoms with E-state index in [4.69, 9.17) is 10.7 Å². The van der Waals surface area contributed by atoms with Crippen LogP contribution < -0.4 is 10.6 Å². The fourth-order valence-electron chi connectivity index (χ4n) is 0.995. The molecule has 0 aliphatic rings. The third-order valence-electron chi connectivity index (χ3n) is 1.81. The molecule has 0 atom stereocenters. The number of aliphatic imine (C=N–C) groups is 1. The number of nitrogens with one attached hydrogen (secondary N) is 3. The van der Waals surface area contributed by atoms with Crippen LogP contribution in [-0.4, -0.2) is 32.6 Å². The topological polar surface area (TPSA) is 84.1 Å². The normalized spacial score (nSPS) is 11.0. The number of likely N-dealkylation sites (N-methyl/N-ethyl adjacent to an activating group) is 1. The van der Waals surface area contributed by atoms with Crippen molar-refractivity contribution in [3.63, 3.8) is 0 Å². The molecule has 0 amide bonds. The highest BCUT2D eigenvalue weighted by Gasteiger charge is 2.00. The Bertz CT molecular complexity index is 409. The molecule has 0 aliphatic carbocycles. The van der Waals surface area contributed by atoms with Crippen molar-refractivity contribution in [1.82, 2.24) is 10.6 Å². The van der Waals surface area contributed by atoms with Crippen molar-refractivity contribution in [1.29, 1.82) is 10.7 Å². The Kier molecular flexibility index (Phi) is 6.99. The second-order valence-corrected chi connectivity index (χ2v) is 3.21. The molecule has 0 fully saturated rings. The Morgan fingerprint density at radius 1 is 1.47 bits per heavy atom. The highest BCUT2D eigenvalue weighted by molar-refractivity contribution is 5.97. The summed E-state index contributed by atoms with van der Waals surface area (Å²) in [6.07, 6.45) is 3.10. The van der Waals surface area contributed by atoms with Gasteiger partial charge in [-0.05, 0) is 13.1 Å². The number of hydrogen-bond acceptors (Lipinski definition) is 5. The highest BCUT2D eigenvalue weighted by Crippen LogP contribution is 2.02. The first-order valence-electron chi connectivity index (χ1n) is 4.99. The zero-order chi connectivity index (χ0) is 13.3. The van der Waals surface area contributed by atoms with Crippen LogP contribution in [0.2, 0.25) is 0 Å². The number of nitriles is 1. The second kappa shape index (κ2) is 8.02. The zero-order valence-electron chi connectivity index (χ0n) is 10.2. The van der Waals surface area contributed by atoms with E-state index in [9.17, 15) is 0 Å². The maximum Gasteiger partial charge on any atom is 0.133 e. The van der Waals surface area contributed by atoms with Gasteiger partial charge in [0.25, 0.3) is 0 Å². The van der Waals surface area contributed by atoms with Crippen molar-refractivity contribution in [2.45, 2.75) is 0 Å². The summed E-state index contributed by atoms with van der Waals surface area (Å²) in [6, 6.07) is 1.81. The number of nitrogens with zero attached hydrogens (tertiary/aromatic N) is 2. The Morgan fingerprint density at radius 3 is 2.59 bits per heavy atom. The van der Waals surface area contributed by atoms with Crippen LogP contribution in [0.5, 0.6) is 0 Å². The van der Waals surface area contributed by atoms with Crippen LogP contribution in [0.3, 0.4) is 0 Å². The van der Waals surface area contributed by atoms with Gasteiger partial charge in [-0.25, -0.2) is 4.99 Å². The summed E-state index contributed by atoms with van der Waals surface area (Å²) < 4.78 is 0. The van der Waals surface area contributed by atoms with Crippen LogP contribution in [0.4, 0.5) is 0 Å². The predicted molar refractivity (Wildman–Crippen MR) is 71.2 cm³/mol. The molecule has 3 N–H and O–H groups in total. The van der Waals surface area contributed by atoms with Gasteiger partial charge in [0.15, 0.2) is 0 Å². The molecule has 90 valence electrons. The number of hydrogen-bond donors (Lipinski definition) is 3. The average Bonchev–Trinajstić information content (AvgIpc) is 2.32. The van der Waals surface area contributed by atoms with E-state index in [0.717, 1.165) is 0 Å². The maximum absolute atomic E-state index is 8.49. The fraction of sp³-hybridized carbons (Fsp3) is 0.250. The molecule has 17 heavy (non-hydrogen) atoms. The van der Waals surface area contributed by atoms with Gasteiger partial charge in [0.05, 0.1) is 0 Å². The lowest BCUT2D eigenvalue weighted by Gasteiger charge is -2.06. The molecule has 0 aromatic heterocycles. The van der Waals surface area contributed by atoms with Crippen molar-refractivity contribution >= 4 is 11.9 Å². The van der Waals surface area contributed by atoms with E-state index >= 15 is 0 Å². The maximum atomic E-state index is 8.49. The third kappa shape index (κ3) is 6.07. The number of rotatable bonds is 7. The van der Waals surface area contributed by atoms with Gasteiger partial charge >= 0.3 is 0 Å². The molecule has 0 radical (unpaired) electrons. The molecular weight excluding hydrogens is 214 g/mol. The van der Waals surface area contributed by atoms with Gasteiger partial charge < -0.3 is 16.0 Å². The molecule has 5 nitrogen and oxygen atoms in total.